The number of alkyl halides is 2. The minimum Gasteiger partial charge on any atom is -0.271 e. The van der Waals surface area contributed by atoms with Gasteiger partial charge >= 0.3 is 0 Å². The second-order valence-corrected chi connectivity index (χ2v) is 4.22. The van der Waals surface area contributed by atoms with Crippen LogP contribution in [-0.4, -0.2) is 5.92 Å². The number of thiophene rings is 1. The van der Waals surface area contributed by atoms with Gasteiger partial charge in [-0.2, -0.15) is 0 Å². The SMILES string of the molecule is CC(F)(F)C(NN)c1ccsc1Cl. The molecule has 1 aromatic heterocycles. The summed E-state index contributed by atoms with van der Waals surface area (Å²) in [6.45, 7) is 0.797. The molecule has 0 bridgehead atoms. The zero-order chi connectivity index (χ0) is 10.1. The summed E-state index contributed by atoms with van der Waals surface area (Å²) in [5.41, 5.74) is 2.39. The minimum absolute atomic E-state index is 0.335. The van der Waals surface area contributed by atoms with E-state index in [1.165, 1.54) is 17.4 Å². The lowest BCUT2D eigenvalue weighted by Gasteiger charge is -2.22. The van der Waals surface area contributed by atoms with Gasteiger partial charge in [0.05, 0.1) is 4.34 Å². The molecule has 0 saturated heterocycles. The van der Waals surface area contributed by atoms with E-state index in [0.29, 0.717) is 9.90 Å². The Labute approximate surface area is 83.7 Å². The highest BCUT2D eigenvalue weighted by Crippen LogP contribution is 2.36. The van der Waals surface area contributed by atoms with Crippen molar-refractivity contribution in [3.63, 3.8) is 0 Å². The summed E-state index contributed by atoms with van der Waals surface area (Å²) in [5.74, 6) is 2.10. The first kappa shape index (κ1) is 10.8. The summed E-state index contributed by atoms with van der Waals surface area (Å²) in [6.07, 6.45) is 0. The molecule has 0 amide bonds. The van der Waals surface area contributed by atoms with Crippen LogP contribution in [0, 0.1) is 0 Å². The van der Waals surface area contributed by atoms with E-state index in [4.69, 9.17) is 17.4 Å². The molecule has 0 fully saturated rings. The molecule has 13 heavy (non-hydrogen) atoms. The average Bonchev–Trinajstić information content (AvgIpc) is 2.35. The fourth-order valence-corrected chi connectivity index (χ4v) is 2.00. The van der Waals surface area contributed by atoms with Crippen molar-refractivity contribution in [3.8, 4) is 0 Å². The molecule has 74 valence electrons. The lowest BCUT2D eigenvalue weighted by molar-refractivity contribution is -0.0192. The fourth-order valence-electron chi connectivity index (χ4n) is 1.02. The molecule has 1 aromatic rings. The maximum Gasteiger partial charge on any atom is 0.265 e. The van der Waals surface area contributed by atoms with Gasteiger partial charge in [-0.1, -0.05) is 11.6 Å². The summed E-state index contributed by atoms with van der Waals surface area (Å²) in [5, 5.41) is 1.65. The average molecular weight is 227 g/mol. The molecule has 2 nitrogen and oxygen atoms in total. The predicted octanol–water partition coefficient (Wildman–Crippen LogP) is 2.56. The van der Waals surface area contributed by atoms with Crippen LogP contribution in [-0.2, 0) is 0 Å². The van der Waals surface area contributed by atoms with Gasteiger partial charge in [-0.05, 0) is 11.4 Å². The number of hydrogen-bond donors (Lipinski definition) is 2. The van der Waals surface area contributed by atoms with Crippen LogP contribution in [0.5, 0.6) is 0 Å². The molecule has 0 spiro atoms. The highest BCUT2D eigenvalue weighted by molar-refractivity contribution is 7.14. The smallest absolute Gasteiger partial charge is 0.265 e. The van der Waals surface area contributed by atoms with Crippen LogP contribution in [0.3, 0.4) is 0 Å². The standard InChI is InChI=1S/C7H9ClF2N2S/c1-7(9,10)5(12-11)4-2-3-13-6(4)8/h2-3,5,12H,11H2,1H3. The maximum absolute atomic E-state index is 12.9. The molecule has 1 heterocycles. The number of hydrazine groups is 1. The van der Waals surface area contributed by atoms with E-state index in [1.54, 1.807) is 5.38 Å². The molecular weight excluding hydrogens is 218 g/mol. The van der Waals surface area contributed by atoms with E-state index >= 15 is 0 Å². The van der Waals surface area contributed by atoms with Gasteiger partial charge in [-0.3, -0.25) is 5.84 Å². The van der Waals surface area contributed by atoms with Crippen LogP contribution in [0.25, 0.3) is 0 Å². The van der Waals surface area contributed by atoms with Crippen molar-refractivity contribution in [2.75, 3.05) is 0 Å². The highest BCUT2D eigenvalue weighted by Gasteiger charge is 2.36. The van der Waals surface area contributed by atoms with Crippen LogP contribution in [0.4, 0.5) is 8.78 Å². The van der Waals surface area contributed by atoms with Gasteiger partial charge in [0.15, 0.2) is 0 Å². The van der Waals surface area contributed by atoms with Crippen molar-refractivity contribution < 1.29 is 8.78 Å². The maximum atomic E-state index is 12.9. The molecule has 0 saturated carbocycles. The molecule has 0 aromatic carbocycles. The number of hydrogen-bond acceptors (Lipinski definition) is 3. The van der Waals surface area contributed by atoms with Gasteiger partial charge in [0.25, 0.3) is 5.92 Å². The normalized spacial score (nSPS) is 14.5. The van der Waals surface area contributed by atoms with Crippen LogP contribution in [0.2, 0.25) is 4.34 Å². The topological polar surface area (TPSA) is 38.0 Å². The number of nitrogens with one attached hydrogen (secondary N) is 1. The van der Waals surface area contributed by atoms with Crippen molar-refractivity contribution in [2.24, 2.45) is 5.84 Å². The quantitative estimate of drug-likeness (QED) is 0.614. The molecule has 6 heteroatoms. The molecule has 3 N–H and O–H groups in total. The third kappa shape index (κ3) is 2.37. The molecule has 0 aliphatic rings. The van der Waals surface area contributed by atoms with E-state index in [-0.39, 0.29) is 0 Å². The van der Waals surface area contributed by atoms with Gasteiger partial charge in [0.2, 0.25) is 0 Å². The summed E-state index contributed by atoms with van der Waals surface area (Å²) in [6, 6.07) is 0.306. The lowest BCUT2D eigenvalue weighted by Crippen LogP contribution is -2.39. The molecule has 1 atom stereocenters. The van der Waals surface area contributed by atoms with Gasteiger partial charge in [0, 0.05) is 12.5 Å². The first-order valence-corrected chi connectivity index (χ1v) is 4.79. The van der Waals surface area contributed by atoms with Crippen LogP contribution in [0.1, 0.15) is 18.5 Å². The zero-order valence-electron chi connectivity index (χ0n) is 6.85. The summed E-state index contributed by atoms with van der Waals surface area (Å²) in [4.78, 5) is 0. The first-order valence-electron chi connectivity index (χ1n) is 3.53. The van der Waals surface area contributed by atoms with Crippen molar-refractivity contribution in [1.82, 2.24) is 5.43 Å². The van der Waals surface area contributed by atoms with Crippen molar-refractivity contribution >= 4 is 22.9 Å². The largest absolute Gasteiger partial charge is 0.271 e. The number of rotatable bonds is 3. The zero-order valence-corrected chi connectivity index (χ0v) is 8.42. The third-order valence-corrected chi connectivity index (χ3v) is 2.83. The van der Waals surface area contributed by atoms with E-state index in [2.05, 4.69) is 5.43 Å². The summed E-state index contributed by atoms with van der Waals surface area (Å²) >= 11 is 6.91. The van der Waals surface area contributed by atoms with E-state index in [1.807, 2.05) is 0 Å². The summed E-state index contributed by atoms with van der Waals surface area (Å²) < 4.78 is 26.2. The van der Waals surface area contributed by atoms with Gasteiger partial charge in [-0.15, -0.1) is 11.3 Å². The Bertz CT molecular complexity index is 284. The molecule has 0 aliphatic carbocycles. The van der Waals surface area contributed by atoms with E-state index in [9.17, 15) is 8.78 Å². The summed E-state index contributed by atoms with van der Waals surface area (Å²) in [7, 11) is 0. The van der Waals surface area contributed by atoms with Crippen molar-refractivity contribution in [2.45, 2.75) is 18.9 Å². The van der Waals surface area contributed by atoms with E-state index in [0.717, 1.165) is 6.92 Å². The van der Waals surface area contributed by atoms with Gasteiger partial charge < -0.3 is 0 Å². The van der Waals surface area contributed by atoms with Crippen LogP contribution < -0.4 is 11.3 Å². The molecular formula is C7H9ClF2N2S. The fraction of sp³-hybridized carbons (Fsp3) is 0.429. The Hall–Kier alpha value is -0.230. The minimum atomic E-state index is -2.93. The molecule has 0 radical (unpaired) electrons. The monoisotopic (exact) mass is 226 g/mol. The lowest BCUT2D eigenvalue weighted by atomic mass is 10.1. The van der Waals surface area contributed by atoms with Crippen LogP contribution >= 0.6 is 22.9 Å². The Morgan fingerprint density at radius 1 is 1.69 bits per heavy atom. The third-order valence-electron chi connectivity index (χ3n) is 1.63. The molecule has 1 rings (SSSR count). The second-order valence-electron chi connectivity index (χ2n) is 2.71. The van der Waals surface area contributed by atoms with Crippen molar-refractivity contribution in [3.05, 3.63) is 21.3 Å². The number of halogens is 3. The van der Waals surface area contributed by atoms with Crippen LogP contribution in [0.15, 0.2) is 11.4 Å². The Balaban J connectivity index is 2.98. The highest BCUT2D eigenvalue weighted by atomic mass is 35.5. The predicted molar refractivity (Wildman–Crippen MR) is 50.0 cm³/mol. The van der Waals surface area contributed by atoms with Gasteiger partial charge in [0.1, 0.15) is 6.04 Å². The molecule has 1 unspecified atom stereocenters. The second kappa shape index (κ2) is 3.88. The van der Waals surface area contributed by atoms with Crippen molar-refractivity contribution in [1.29, 1.82) is 0 Å². The number of nitrogens with two attached hydrogens (primary N) is 1. The Kier molecular flexibility index (Phi) is 3.23. The molecule has 0 aliphatic heterocycles. The first-order chi connectivity index (χ1) is 5.96. The van der Waals surface area contributed by atoms with E-state index < -0.39 is 12.0 Å². The Morgan fingerprint density at radius 2 is 2.31 bits per heavy atom. The Morgan fingerprint density at radius 3 is 2.62 bits per heavy atom. The van der Waals surface area contributed by atoms with Gasteiger partial charge in [-0.25, -0.2) is 14.2 Å².